The van der Waals surface area contributed by atoms with E-state index in [9.17, 15) is 0 Å². The number of hydrogen-bond acceptors (Lipinski definition) is 3. The second kappa shape index (κ2) is 12.3. The smallest absolute Gasteiger partial charge is 0.126 e. The van der Waals surface area contributed by atoms with Crippen molar-refractivity contribution >= 4 is 63.5 Å². The third-order valence-electron chi connectivity index (χ3n) is 7.39. The van der Waals surface area contributed by atoms with Crippen molar-refractivity contribution in [1.82, 2.24) is 0 Å². The van der Waals surface area contributed by atoms with Crippen LogP contribution in [0.4, 0.5) is 17.1 Å². The van der Waals surface area contributed by atoms with Gasteiger partial charge in [0.05, 0.1) is 7.11 Å². The number of ether oxygens (including phenoxy) is 1. The predicted octanol–water partition coefficient (Wildman–Crippen LogP) is 11.3. The average molecular weight is 564 g/mol. The molecule has 0 aliphatic heterocycles. The molecular weight excluding hydrogens is 531 g/mol. The Morgan fingerprint density at radius 3 is 1.62 bits per heavy atom. The first kappa shape index (κ1) is 27.3. The molecule has 1 heterocycles. The fraction of sp³-hybridized carbons (Fsp3) is 0.0769. The molecule has 1 aromatic heterocycles. The van der Waals surface area contributed by atoms with Gasteiger partial charge in [0.1, 0.15) is 5.75 Å². The zero-order valence-electron chi connectivity index (χ0n) is 24.1. The molecule has 0 saturated carbocycles. The Balaban J connectivity index is 1.19. The molecule has 0 amide bonds. The molecule has 0 radical (unpaired) electrons. The maximum absolute atomic E-state index is 5.55. The fourth-order valence-electron chi connectivity index (χ4n) is 5.09. The minimum absolute atomic E-state index is 0.900. The molecule has 2 nitrogen and oxygen atoms in total. The second-order valence-corrected chi connectivity index (χ2v) is 11.6. The third kappa shape index (κ3) is 6.07. The van der Waals surface area contributed by atoms with E-state index in [0.717, 1.165) is 28.2 Å². The summed E-state index contributed by atoms with van der Waals surface area (Å²) in [5.74, 6) is 0.900. The van der Waals surface area contributed by atoms with Crippen molar-refractivity contribution in [3.63, 3.8) is 0 Å². The van der Waals surface area contributed by atoms with Gasteiger partial charge in [0.25, 0.3) is 0 Å². The lowest BCUT2D eigenvalue weighted by Gasteiger charge is -2.25. The average Bonchev–Trinajstić information content (AvgIpc) is 3.49. The standard InChI is InChI=1S/C39H33NOS/c1-28-8-17-32(18-9-28)40(33-19-10-29(2)11-20-33)34-21-12-30(13-22-34)14-23-35-25-26-36(42-35)24-15-31-16-27-39(41-3)38-7-5-4-6-37(31)38/h4-27H,1-3H3. The van der Waals surface area contributed by atoms with Crippen LogP contribution in [0.3, 0.4) is 0 Å². The number of methoxy groups -OCH3 is 1. The first-order valence-electron chi connectivity index (χ1n) is 14.1. The van der Waals surface area contributed by atoms with E-state index in [1.807, 2.05) is 12.1 Å². The first-order chi connectivity index (χ1) is 20.6. The van der Waals surface area contributed by atoms with Gasteiger partial charge in [0, 0.05) is 32.2 Å². The van der Waals surface area contributed by atoms with E-state index in [4.69, 9.17) is 4.74 Å². The van der Waals surface area contributed by atoms with E-state index in [1.54, 1.807) is 18.4 Å². The van der Waals surface area contributed by atoms with Crippen LogP contribution in [0.2, 0.25) is 0 Å². The molecule has 42 heavy (non-hydrogen) atoms. The van der Waals surface area contributed by atoms with Gasteiger partial charge in [-0.15, -0.1) is 11.3 Å². The largest absolute Gasteiger partial charge is 0.496 e. The van der Waals surface area contributed by atoms with Gasteiger partial charge < -0.3 is 9.64 Å². The van der Waals surface area contributed by atoms with E-state index >= 15 is 0 Å². The Morgan fingerprint density at radius 2 is 1.05 bits per heavy atom. The summed E-state index contributed by atoms with van der Waals surface area (Å²) in [4.78, 5) is 4.74. The molecule has 206 valence electrons. The molecule has 0 fully saturated rings. The van der Waals surface area contributed by atoms with Crippen LogP contribution < -0.4 is 9.64 Å². The van der Waals surface area contributed by atoms with Gasteiger partial charge in [-0.25, -0.2) is 0 Å². The monoisotopic (exact) mass is 563 g/mol. The number of nitrogens with zero attached hydrogens (tertiary/aromatic N) is 1. The van der Waals surface area contributed by atoms with Crippen LogP contribution in [0, 0.1) is 13.8 Å². The summed E-state index contributed by atoms with van der Waals surface area (Å²) < 4.78 is 5.55. The number of hydrogen-bond donors (Lipinski definition) is 0. The zero-order valence-corrected chi connectivity index (χ0v) is 24.9. The lowest BCUT2D eigenvalue weighted by molar-refractivity contribution is 0.420. The fourth-order valence-corrected chi connectivity index (χ4v) is 5.90. The molecule has 0 spiro atoms. The van der Waals surface area contributed by atoms with E-state index in [2.05, 4.69) is 152 Å². The number of anilines is 3. The van der Waals surface area contributed by atoms with Crippen LogP contribution in [-0.4, -0.2) is 7.11 Å². The van der Waals surface area contributed by atoms with Crippen LogP contribution in [0.1, 0.15) is 32.0 Å². The summed E-state index contributed by atoms with van der Waals surface area (Å²) in [7, 11) is 1.72. The number of rotatable bonds is 8. The lowest BCUT2D eigenvalue weighted by atomic mass is 10.0. The van der Waals surface area contributed by atoms with Gasteiger partial charge >= 0.3 is 0 Å². The molecule has 0 atom stereocenters. The van der Waals surface area contributed by atoms with Gasteiger partial charge in [-0.1, -0.05) is 90.0 Å². The van der Waals surface area contributed by atoms with Gasteiger partial charge in [-0.3, -0.25) is 0 Å². The highest BCUT2D eigenvalue weighted by atomic mass is 32.1. The predicted molar refractivity (Wildman–Crippen MR) is 183 cm³/mol. The Hall–Kier alpha value is -4.86. The highest BCUT2D eigenvalue weighted by Crippen LogP contribution is 2.35. The summed E-state index contributed by atoms with van der Waals surface area (Å²) in [5.41, 5.74) is 8.29. The van der Waals surface area contributed by atoms with Crippen molar-refractivity contribution in [2.45, 2.75) is 13.8 Å². The minimum Gasteiger partial charge on any atom is -0.496 e. The topological polar surface area (TPSA) is 12.5 Å². The third-order valence-corrected chi connectivity index (χ3v) is 8.40. The molecule has 0 aliphatic rings. The number of thiophene rings is 1. The minimum atomic E-state index is 0.900. The second-order valence-electron chi connectivity index (χ2n) is 10.4. The molecule has 0 N–H and O–H groups in total. The number of fused-ring (bicyclic) bond motifs is 1. The van der Waals surface area contributed by atoms with Crippen LogP contribution in [0.5, 0.6) is 5.75 Å². The Labute approximate surface area is 252 Å². The maximum atomic E-state index is 5.55. The van der Waals surface area contributed by atoms with Crippen LogP contribution in [0.25, 0.3) is 35.1 Å². The quantitative estimate of drug-likeness (QED) is 0.183. The zero-order chi connectivity index (χ0) is 28.9. The Morgan fingerprint density at radius 1 is 0.524 bits per heavy atom. The summed E-state index contributed by atoms with van der Waals surface area (Å²) >= 11 is 1.78. The highest BCUT2D eigenvalue weighted by molar-refractivity contribution is 7.13. The first-order valence-corrected chi connectivity index (χ1v) is 14.9. The summed E-state index contributed by atoms with van der Waals surface area (Å²) in [5, 5.41) is 2.32. The Bertz CT molecular complexity index is 1810. The molecule has 0 aliphatic carbocycles. The van der Waals surface area contributed by atoms with Crippen LogP contribution in [0.15, 0.2) is 121 Å². The molecule has 0 unspecified atom stereocenters. The summed E-state index contributed by atoms with van der Waals surface area (Å²) in [6.45, 7) is 4.24. The molecule has 0 saturated heterocycles. The van der Waals surface area contributed by atoms with Crippen molar-refractivity contribution in [2.75, 3.05) is 12.0 Å². The highest BCUT2D eigenvalue weighted by Gasteiger charge is 2.12. The van der Waals surface area contributed by atoms with Gasteiger partial charge in [0.15, 0.2) is 0 Å². The van der Waals surface area contributed by atoms with E-state index < -0.39 is 0 Å². The number of benzene rings is 5. The lowest BCUT2D eigenvalue weighted by Crippen LogP contribution is -2.09. The van der Waals surface area contributed by atoms with Gasteiger partial charge in [-0.05, 0) is 97.1 Å². The van der Waals surface area contributed by atoms with Crippen molar-refractivity contribution in [2.24, 2.45) is 0 Å². The molecule has 0 bridgehead atoms. The SMILES string of the molecule is COc1ccc(C=Cc2ccc(C=Cc3ccc(N(c4ccc(C)cc4)c4ccc(C)cc4)cc3)s2)c2ccccc12. The van der Waals surface area contributed by atoms with Crippen molar-refractivity contribution in [3.05, 3.63) is 153 Å². The normalized spacial score (nSPS) is 11.5. The van der Waals surface area contributed by atoms with Crippen molar-refractivity contribution in [3.8, 4) is 5.75 Å². The number of aryl methyl sites for hydroxylation is 2. The maximum Gasteiger partial charge on any atom is 0.126 e. The van der Waals surface area contributed by atoms with E-state index in [-0.39, 0.29) is 0 Å². The van der Waals surface area contributed by atoms with Crippen molar-refractivity contribution in [1.29, 1.82) is 0 Å². The Kier molecular flexibility index (Phi) is 8.02. The summed E-state index contributed by atoms with van der Waals surface area (Å²) in [6, 6.07) is 43.0. The summed E-state index contributed by atoms with van der Waals surface area (Å²) in [6.07, 6.45) is 8.75. The van der Waals surface area contributed by atoms with E-state index in [1.165, 1.54) is 37.4 Å². The van der Waals surface area contributed by atoms with Crippen molar-refractivity contribution < 1.29 is 4.74 Å². The van der Waals surface area contributed by atoms with Gasteiger partial charge in [0.2, 0.25) is 0 Å². The van der Waals surface area contributed by atoms with E-state index in [0.29, 0.717) is 0 Å². The molecule has 3 heteroatoms. The van der Waals surface area contributed by atoms with Crippen LogP contribution >= 0.6 is 11.3 Å². The van der Waals surface area contributed by atoms with Crippen LogP contribution in [-0.2, 0) is 0 Å². The van der Waals surface area contributed by atoms with Gasteiger partial charge in [-0.2, -0.15) is 0 Å². The molecule has 6 rings (SSSR count). The molecule has 5 aromatic carbocycles. The molecular formula is C39H33NOS. The molecule has 6 aromatic rings.